The van der Waals surface area contributed by atoms with Gasteiger partial charge in [-0.05, 0) is 69.7 Å². The lowest BCUT2D eigenvalue weighted by Crippen LogP contribution is -2.52. The van der Waals surface area contributed by atoms with E-state index in [2.05, 4.69) is 5.32 Å². The largest absolute Gasteiger partial charge is 0.352 e. The molecule has 0 heterocycles. The van der Waals surface area contributed by atoms with E-state index in [0.717, 1.165) is 4.31 Å². The molecule has 1 N–H and O–H groups in total. The molecular weight excluding hydrogens is 529 g/mol. The van der Waals surface area contributed by atoms with Gasteiger partial charge in [0.2, 0.25) is 11.8 Å². The van der Waals surface area contributed by atoms with Crippen LogP contribution >= 0.6 is 11.6 Å². The summed E-state index contributed by atoms with van der Waals surface area (Å²) in [5.74, 6) is -1.64. The van der Waals surface area contributed by atoms with E-state index in [1.54, 1.807) is 51.1 Å². The highest BCUT2D eigenvalue weighted by atomic mass is 35.5. The quantitative estimate of drug-likeness (QED) is 0.382. The predicted octanol–water partition coefficient (Wildman–Crippen LogP) is 4.92. The van der Waals surface area contributed by atoms with Gasteiger partial charge in [0, 0.05) is 23.2 Å². The standard InChI is InChI=1S/C28H31ClFN3O4S/c1-19(2)31-28(35)21(4)32(17-22-10-6-7-11-25(22)30)27(34)18-33(26-12-8-5-9-20(26)3)38(36,37)24-15-13-23(29)14-16-24/h5-16,19,21H,17-18H2,1-4H3,(H,31,35). The first-order chi connectivity index (χ1) is 17.9. The van der Waals surface area contributed by atoms with Gasteiger partial charge in [-0.2, -0.15) is 0 Å². The molecule has 0 radical (unpaired) electrons. The summed E-state index contributed by atoms with van der Waals surface area (Å²) in [6.07, 6.45) is 0. The Kier molecular flexibility index (Phi) is 9.51. The number of sulfonamides is 1. The monoisotopic (exact) mass is 559 g/mol. The zero-order chi connectivity index (χ0) is 28.0. The maximum atomic E-state index is 14.6. The van der Waals surface area contributed by atoms with Crippen LogP contribution in [0.3, 0.4) is 0 Å². The van der Waals surface area contributed by atoms with E-state index in [-0.39, 0.29) is 23.0 Å². The number of hydrogen-bond acceptors (Lipinski definition) is 4. The Morgan fingerprint density at radius 3 is 2.16 bits per heavy atom. The summed E-state index contributed by atoms with van der Waals surface area (Å²) in [6.45, 7) is 6.01. The lowest BCUT2D eigenvalue weighted by atomic mass is 10.1. The van der Waals surface area contributed by atoms with Gasteiger partial charge in [-0.15, -0.1) is 0 Å². The highest BCUT2D eigenvalue weighted by molar-refractivity contribution is 7.92. The van der Waals surface area contributed by atoms with Crippen LogP contribution in [0.15, 0.2) is 77.7 Å². The minimum atomic E-state index is -4.22. The van der Waals surface area contributed by atoms with Crippen molar-refractivity contribution in [2.75, 3.05) is 10.8 Å². The zero-order valence-corrected chi connectivity index (χ0v) is 23.3. The number of carbonyl (C=O) groups is 2. The molecule has 3 aromatic carbocycles. The Morgan fingerprint density at radius 2 is 1.55 bits per heavy atom. The number of amides is 2. The molecule has 0 aliphatic rings. The van der Waals surface area contributed by atoms with Gasteiger partial charge in [0.1, 0.15) is 18.4 Å². The van der Waals surface area contributed by atoms with E-state index in [1.807, 2.05) is 0 Å². The van der Waals surface area contributed by atoms with Gasteiger partial charge in [-0.1, -0.05) is 48.0 Å². The first kappa shape index (κ1) is 29.1. The van der Waals surface area contributed by atoms with Crippen molar-refractivity contribution < 1.29 is 22.4 Å². The van der Waals surface area contributed by atoms with Gasteiger partial charge < -0.3 is 10.2 Å². The van der Waals surface area contributed by atoms with Gasteiger partial charge >= 0.3 is 0 Å². The molecule has 0 fully saturated rings. The Bertz CT molecular complexity index is 1400. The van der Waals surface area contributed by atoms with Crippen LogP contribution < -0.4 is 9.62 Å². The molecule has 3 aromatic rings. The van der Waals surface area contributed by atoms with Gasteiger partial charge in [-0.3, -0.25) is 13.9 Å². The maximum absolute atomic E-state index is 14.6. The lowest BCUT2D eigenvalue weighted by molar-refractivity contribution is -0.139. The van der Waals surface area contributed by atoms with Crippen molar-refractivity contribution in [3.8, 4) is 0 Å². The Labute approximate surface area is 228 Å². The number of anilines is 1. The van der Waals surface area contributed by atoms with Crippen molar-refractivity contribution >= 4 is 39.1 Å². The molecule has 0 aliphatic heterocycles. The summed E-state index contributed by atoms with van der Waals surface area (Å²) in [7, 11) is -4.22. The number of para-hydroxylation sites is 1. The lowest BCUT2D eigenvalue weighted by Gasteiger charge is -2.32. The summed E-state index contributed by atoms with van der Waals surface area (Å²) >= 11 is 5.96. The molecule has 0 saturated heterocycles. The van der Waals surface area contributed by atoms with Crippen LogP contribution in [-0.4, -0.2) is 43.8 Å². The number of aryl methyl sites for hydroxylation is 1. The maximum Gasteiger partial charge on any atom is 0.264 e. The van der Waals surface area contributed by atoms with Crippen LogP contribution in [0.1, 0.15) is 31.9 Å². The van der Waals surface area contributed by atoms with Gasteiger partial charge in [0.05, 0.1) is 10.6 Å². The first-order valence-corrected chi connectivity index (χ1v) is 13.9. The smallest absolute Gasteiger partial charge is 0.264 e. The normalized spacial score (nSPS) is 12.2. The molecule has 38 heavy (non-hydrogen) atoms. The molecule has 0 bridgehead atoms. The van der Waals surface area contributed by atoms with E-state index in [4.69, 9.17) is 11.6 Å². The summed E-state index contributed by atoms with van der Waals surface area (Å²) in [6, 6.07) is 17.2. The van der Waals surface area contributed by atoms with Crippen molar-refractivity contribution in [3.63, 3.8) is 0 Å². The second kappa shape index (κ2) is 12.4. The molecule has 1 unspecified atom stereocenters. The summed E-state index contributed by atoms with van der Waals surface area (Å²) in [5.41, 5.74) is 1.14. The molecule has 2 amide bonds. The SMILES string of the molecule is Cc1ccccc1N(CC(=O)N(Cc1ccccc1F)C(C)C(=O)NC(C)C)S(=O)(=O)c1ccc(Cl)cc1. The van der Waals surface area contributed by atoms with Crippen LogP contribution in [0.5, 0.6) is 0 Å². The van der Waals surface area contributed by atoms with E-state index >= 15 is 0 Å². The van der Waals surface area contributed by atoms with E-state index < -0.39 is 40.2 Å². The number of benzene rings is 3. The Morgan fingerprint density at radius 1 is 0.947 bits per heavy atom. The minimum absolute atomic E-state index is 0.0517. The number of nitrogens with zero attached hydrogens (tertiary/aromatic N) is 2. The van der Waals surface area contributed by atoms with Crippen molar-refractivity contribution in [1.82, 2.24) is 10.2 Å². The fourth-order valence-electron chi connectivity index (χ4n) is 3.89. The number of rotatable bonds is 10. The van der Waals surface area contributed by atoms with Gasteiger partial charge in [0.25, 0.3) is 10.0 Å². The van der Waals surface area contributed by atoms with Crippen molar-refractivity contribution in [1.29, 1.82) is 0 Å². The van der Waals surface area contributed by atoms with Crippen LogP contribution in [0, 0.1) is 12.7 Å². The fraction of sp³-hybridized carbons (Fsp3) is 0.286. The molecule has 1 atom stereocenters. The number of nitrogens with one attached hydrogen (secondary N) is 1. The molecule has 0 spiro atoms. The molecule has 0 aromatic heterocycles. The fourth-order valence-corrected chi connectivity index (χ4v) is 5.49. The minimum Gasteiger partial charge on any atom is -0.352 e. The second-order valence-electron chi connectivity index (χ2n) is 9.20. The molecule has 3 rings (SSSR count). The highest BCUT2D eigenvalue weighted by Crippen LogP contribution is 2.28. The first-order valence-electron chi connectivity index (χ1n) is 12.1. The molecule has 0 aliphatic carbocycles. The highest BCUT2D eigenvalue weighted by Gasteiger charge is 2.33. The molecular formula is C28H31ClFN3O4S. The van der Waals surface area contributed by atoms with E-state index in [1.165, 1.54) is 54.3 Å². The van der Waals surface area contributed by atoms with Crippen molar-refractivity contribution in [2.24, 2.45) is 0 Å². The topological polar surface area (TPSA) is 86.8 Å². The van der Waals surface area contributed by atoms with Crippen LogP contribution in [0.4, 0.5) is 10.1 Å². The van der Waals surface area contributed by atoms with E-state index in [0.29, 0.717) is 16.3 Å². The van der Waals surface area contributed by atoms with Crippen LogP contribution in [-0.2, 0) is 26.2 Å². The number of carbonyl (C=O) groups excluding carboxylic acids is 2. The summed E-state index contributed by atoms with van der Waals surface area (Å²) < 4.78 is 43.1. The Balaban J connectivity index is 2.06. The zero-order valence-electron chi connectivity index (χ0n) is 21.7. The summed E-state index contributed by atoms with van der Waals surface area (Å²) in [5, 5.41) is 3.13. The molecule has 10 heteroatoms. The summed E-state index contributed by atoms with van der Waals surface area (Å²) in [4.78, 5) is 27.8. The van der Waals surface area contributed by atoms with Crippen molar-refractivity contribution in [3.05, 3.63) is 94.8 Å². The predicted molar refractivity (Wildman–Crippen MR) is 147 cm³/mol. The second-order valence-corrected chi connectivity index (χ2v) is 11.5. The van der Waals surface area contributed by atoms with E-state index in [9.17, 15) is 22.4 Å². The molecule has 7 nitrogen and oxygen atoms in total. The average molecular weight is 560 g/mol. The third kappa shape index (κ3) is 6.90. The van der Waals surface area contributed by atoms with Crippen molar-refractivity contribution in [2.45, 2.75) is 51.2 Å². The number of halogens is 2. The molecule has 202 valence electrons. The third-order valence-electron chi connectivity index (χ3n) is 5.96. The number of hydrogen-bond donors (Lipinski definition) is 1. The van der Waals surface area contributed by atoms with Crippen LogP contribution in [0.2, 0.25) is 5.02 Å². The Hall–Kier alpha value is -3.43. The average Bonchev–Trinajstić information content (AvgIpc) is 2.86. The third-order valence-corrected chi connectivity index (χ3v) is 7.99. The van der Waals surface area contributed by atoms with Gasteiger partial charge in [-0.25, -0.2) is 12.8 Å². The van der Waals surface area contributed by atoms with Crippen LogP contribution in [0.25, 0.3) is 0 Å². The van der Waals surface area contributed by atoms with Gasteiger partial charge in [0.15, 0.2) is 0 Å². The molecule has 0 saturated carbocycles.